The molecular formula is C9H5ClN2S2. The zero-order valence-electron chi connectivity index (χ0n) is 6.98. The predicted molar refractivity (Wildman–Crippen MR) is 61.4 cm³/mol. The molecule has 0 spiro atoms. The molecule has 0 bridgehead atoms. The normalized spacial score (nSPS) is 11.2. The quantitative estimate of drug-likeness (QED) is 0.633. The smallest absolute Gasteiger partial charge is 0.194 e. The summed E-state index contributed by atoms with van der Waals surface area (Å²) in [6, 6.07) is 1.94. The van der Waals surface area contributed by atoms with Gasteiger partial charge in [-0.1, -0.05) is 11.6 Å². The number of hydrogen-bond acceptors (Lipinski definition) is 3. The minimum absolute atomic E-state index is 0.802. The summed E-state index contributed by atoms with van der Waals surface area (Å²) >= 11 is 9.03. The Morgan fingerprint density at radius 2 is 2.29 bits per heavy atom. The first-order valence-electron chi connectivity index (χ1n) is 3.99. The molecule has 0 aromatic carbocycles. The Morgan fingerprint density at radius 1 is 1.36 bits per heavy atom. The van der Waals surface area contributed by atoms with E-state index in [1.807, 2.05) is 33.6 Å². The van der Waals surface area contributed by atoms with Crippen molar-refractivity contribution in [1.29, 1.82) is 0 Å². The second kappa shape index (κ2) is 3.08. The van der Waals surface area contributed by atoms with Crippen LogP contribution in [0.1, 0.15) is 0 Å². The number of imidazole rings is 1. The van der Waals surface area contributed by atoms with E-state index >= 15 is 0 Å². The van der Waals surface area contributed by atoms with E-state index in [-0.39, 0.29) is 0 Å². The standard InChI is InChI=1S/C9H5ClN2S2/c10-8-3-6(5-14-8)7-4-12-1-2-13-9(12)11-7/h1-5H. The zero-order chi connectivity index (χ0) is 9.54. The first-order chi connectivity index (χ1) is 6.83. The Balaban J connectivity index is 2.18. The molecular weight excluding hydrogens is 236 g/mol. The van der Waals surface area contributed by atoms with Gasteiger partial charge in [-0.15, -0.1) is 22.7 Å². The fourth-order valence-electron chi connectivity index (χ4n) is 1.31. The van der Waals surface area contributed by atoms with Crippen molar-refractivity contribution in [3.63, 3.8) is 0 Å². The number of nitrogens with zero attached hydrogens (tertiary/aromatic N) is 2. The van der Waals surface area contributed by atoms with Crippen LogP contribution in [0.4, 0.5) is 0 Å². The lowest BCUT2D eigenvalue weighted by atomic mass is 10.3. The van der Waals surface area contributed by atoms with E-state index in [1.54, 1.807) is 11.3 Å². The minimum atomic E-state index is 0.802. The fraction of sp³-hybridized carbons (Fsp3) is 0. The van der Waals surface area contributed by atoms with E-state index in [4.69, 9.17) is 11.6 Å². The number of hydrogen-bond donors (Lipinski definition) is 0. The highest BCUT2D eigenvalue weighted by atomic mass is 35.5. The third-order valence-corrected chi connectivity index (χ3v) is 3.82. The Hall–Kier alpha value is -0.840. The molecule has 70 valence electrons. The summed E-state index contributed by atoms with van der Waals surface area (Å²) in [7, 11) is 0. The van der Waals surface area contributed by atoms with E-state index in [0.29, 0.717) is 0 Å². The van der Waals surface area contributed by atoms with Crippen molar-refractivity contribution in [2.24, 2.45) is 0 Å². The van der Waals surface area contributed by atoms with E-state index in [0.717, 1.165) is 20.6 Å². The van der Waals surface area contributed by atoms with E-state index in [9.17, 15) is 0 Å². The van der Waals surface area contributed by atoms with Crippen molar-refractivity contribution in [2.75, 3.05) is 0 Å². The lowest BCUT2D eigenvalue weighted by molar-refractivity contribution is 1.23. The first kappa shape index (κ1) is 8.47. The number of thiophene rings is 1. The summed E-state index contributed by atoms with van der Waals surface area (Å²) in [5, 5.41) is 4.04. The van der Waals surface area contributed by atoms with Gasteiger partial charge < -0.3 is 0 Å². The van der Waals surface area contributed by atoms with Crippen LogP contribution in [0.2, 0.25) is 4.34 Å². The molecule has 0 N–H and O–H groups in total. The van der Waals surface area contributed by atoms with Crippen LogP contribution in [-0.2, 0) is 0 Å². The average molecular weight is 241 g/mol. The molecule has 3 aromatic heterocycles. The Labute approximate surface area is 93.4 Å². The van der Waals surface area contributed by atoms with Crippen LogP contribution in [-0.4, -0.2) is 9.38 Å². The van der Waals surface area contributed by atoms with Gasteiger partial charge in [0, 0.05) is 28.7 Å². The van der Waals surface area contributed by atoms with Crippen molar-refractivity contribution < 1.29 is 0 Å². The minimum Gasteiger partial charge on any atom is -0.297 e. The van der Waals surface area contributed by atoms with Gasteiger partial charge in [-0.25, -0.2) is 4.98 Å². The monoisotopic (exact) mass is 240 g/mol. The predicted octanol–water partition coefficient (Wildman–Crippen LogP) is 3.78. The highest BCUT2D eigenvalue weighted by Gasteiger charge is 2.06. The van der Waals surface area contributed by atoms with Gasteiger partial charge in [0.1, 0.15) is 0 Å². The van der Waals surface area contributed by atoms with Crippen molar-refractivity contribution >= 4 is 39.2 Å². The molecule has 0 saturated carbocycles. The Bertz CT molecular complexity index is 550. The van der Waals surface area contributed by atoms with Gasteiger partial charge in [-0.3, -0.25) is 4.40 Å². The molecule has 0 atom stereocenters. The maximum absolute atomic E-state index is 5.87. The van der Waals surface area contributed by atoms with Crippen LogP contribution in [0.15, 0.2) is 29.2 Å². The molecule has 0 aliphatic rings. The molecule has 14 heavy (non-hydrogen) atoms. The SMILES string of the molecule is Clc1cc(-c2cn3ccsc3n2)cs1. The second-order valence-electron chi connectivity index (χ2n) is 2.86. The number of rotatable bonds is 1. The Morgan fingerprint density at radius 3 is 3.00 bits per heavy atom. The maximum Gasteiger partial charge on any atom is 0.194 e. The molecule has 0 aliphatic heterocycles. The fourth-order valence-corrected chi connectivity index (χ4v) is 2.89. The van der Waals surface area contributed by atoms with Crippen molar-refractivity contribution in [2.45, 2.75) is 0 Å². The van der Waals surface area contributed by atoms with Gasteiger partial charge in [0.2, 0.25) is 0 Å². The van der Waals surface area contributed by atoms with Gasteiger partial charge >= 0.3 is 0 Å². The van der Waals surface area contributed by atoms with E-state index in [2.05, 4.69) is 4.98 Å². The van der Waals surface area contributed by atoms with E-state index < -0.39 is 0 Å². The summed E-state index contributed by atoms with van der Waals surface area (Å²) < 4.78 is 2.82. The van der Waals surface area contributed by atoms with Gasteiger partial charge in [-0.05, 0) is 6.07 Å². The van der Waals surface area contributed by atoms with Crippen molar-refractivity contribution in [3.05, 3.63) is 33.6 Å². The molecule has 0 amide bonds. The maximum atomic E-state index is 5.87. The van der Waals surface area contributed by atoms with Crippen LogP contribution in [0, 0.1) is 0 Å². The molecule has 3 aromatic rings. The highest BCUT2D eigenvalue weighted by molar-refractivity contribution is 7.15. The van der Waals surface area contributed by atoms with E-state index in [1.165, 1.54) is 11.3 Å². The molecule has 5 heteroatoms. The zero-order valence-corrected chi connectivity index (χ0v) is 9.36. The van der Waals surface area contributed by atoms with Crippen LogP contribution in [0.5, 0.6) is 0 Å². The number of halogens is 1. The molecule has 0 fully saturated rings. The van der Waals surface area contributed by atoms with Crippen LogP contribution < -0.4 is 0 Å². The lowest BCUT2D eigenvalue weighted by Crippen LogP contribution is -1.70. The van der Waals surface area contributed by atoms with Gasteiger partial charge in [0.05, 0.1) is 10.0 Å². The van der Waals surface area contributed by atoms with Gasteiger partial charge in [0.15, 0.2) is 4.96 Å². The number of fused-ring (bicyclic) bond motifs is 1. The summed E-state index contributed by atoms with van der Waals surface area (Å²) in [6.45, 7) is 0. The summed E-state index contributed by atoms with van der Waals surface area (Å²) in [5.74, 6) is 0. The molecule has 0 aliphatic carbocycles. The molecule has 2 nitrogen and oxygen atoms in total. The lowest BCUT2D eigenvalue weighted by Gasteiger charge is -1.85. The molecule has 0 unspecified atom stereocenters. The topological polar surface area (TPSA) is 17.3 Å². The van der Waals surface area contributed by atoms with Crippen molar-refractivity contribution in [1.82, 2.24) is 9.38 Å². The summed E-state index contributed by atoms with van der Waals surface area (Å²) in [5.41, 5.74) is 2.08. The summed E-state index contributed by atoms with van der Waals surface area (Å²) in [6.07, 6.45) is 4.02. The van der Waals surface area contributed by atoms with Gasteiger partial charge in [0.25, 0.3) is 0 Å². The van der Waals surface area contributed by atoms with Gasteiger partial charge in [-0.2, -0.15) is 0 Å². The van der Waals surface area contributed by atoms with Crippen LogP contribution in [0.3, 0.4) is 0 Å². The highest BCUT2D eigenvalue weighted by Crippen LogP contribution is 2.28. The summed E-state index contributed by atoms with van der Waals surface area (Å²) in [4.78, 5) is 5.50. The second-order valence-corrected chi connectivity index (χ2v) is 5.27. The molecule has 3 heterocycles. The number of thiazole rings is 1. The van der Waals surface area contributed by atoms with Crippen LogP contribution >= 0.6 is 34.3 Å². The average Bonchev–Trinajstić information content (AvgIpc) is 2.75. The molecule has 3 rings (SSSR count). The first-order valence-corrected chi connectivity index (χ1v) is 6.13. The molecule has 0 saturated heterocycles. The number of aromatic nitrogens is 2. The van der Waals surface area contributed by atoms with Crippen LogP contribution in [0.25, 0.3) is 16.2 Å². The largest absolute Gasteiger partial charge is 0.297 e. The Kier molecular flexibility index (Phi) is 1.87. The molecule has 0 radical (unpaired) electrons. The van der Waals surface area contributed by atoms with Crippen molar-refractivity contribution in [3.8, 4) is 11.3 Å². The third-order valence-electron chi connectivity index (χ3n) is 1.96. The third kappa shape index (κ3) is 1.27.